The Morgan fingerprint density at radius 1 is 0.842 bits per heavy atom. The Morgan fingerprint density at radius 3 is 2.11 bits per heavy atom. The van der Waals surface area contributed by atoms with Crippen molar-refractivity contribution in [1.82, 2.24) is 0 Å². The Kier molecular flexibility index (Phi) is 4.21. The van der Waals surface area contributed by atoms with Crippen molar-refractivity contribution >= 4 is 11.6 Å². The molecule has 1 aliphatic rings. The molecule has 0 spiro atoms. The molecule has 0 atom stereocenters. The van der Waals surface area contributed by atoms with Crippen LogP contribution in [0, 0.1) is 0 Å². The van der Waals surface area contributed by atoms with Crippen LogP contribution in [-0.2, 0) is 0 Å². The molecule has 0 unspecified atom stereocenters. The van der Waals surface area contributed by atoms with Gasteiger partial charge in [0, 0.05) is 0 Å². The average molecular weight is 250 g/mol. The van der Waals surface area contributed by atoms with Crippen LogP contribution in [0.15, 0.2) is 42.5 Å². The monoisotopic (exact) mass is 250 g/mol. The second-order valence-corrected chi connectivity index (χ2v) is 4.44. The predicted octanol–water partition coefficient (Wildman–Crippen LogP) is 4.10. The Morgan fingerprint density at radius 2 is 1.47 bits per heavy atom. The fourth-order valence-corrected chi connectivity index (χ4v) is 2.86. The Balaban J connectivity index is 0.000000637. The lowest BCUT2D eigenvalue weighted by Crippen LogP contribution is -2.26. The van der Waals surface area contributed by atoms with Crippen LogP contribution < -0.4 is 10.4 Å². The zero-order chi connectivity index (χ0) is 13.8. The number of hydrogen-bond donors (Lipinski definition) is 0. The minimum atomic E-state index is 1.09. The third kappa shape index (κ3) is 2.12. The molecule has 0 nitrogen and oxygen atoms in total. The predicted molar refractivity (Wildman–Crippen MR) is 85.4 cm³/mol. The molecule has 0 heteroatoms. The van der Waals surface area contributed by atoms with E-state index >= 15 is 0 Å². The van der Waals surface area contributed by atoms with Gasteiger partial charge in [-0.2, -0.15) is 0 Å². The summed E-state index contributed by atoms with van der Waals surface area (Å²) in [4.78, 5) is 0. The zero-order valence-electron chi connectivity index (χ0n) is 12.3. The topological polar surface area (TPSA) is 0 Å². The van der Waals surface area contributed by atoms with Gasteiger partial charge in [0.1, 0.15) is 0 Å². The first-order valence-corrected chi connectivity index (χ1v) is 7.25. The molecule has 2 aromatic rings. The van der Waals surface area contributed by atoms with Crippen LogP contribution in [0.4, 0.5) is 0 Å². The molecule has 1 aliphatic carbocycles. The van der Waals surface area contributed by atoms with Crippen LogP contribution in [0.2, 0.25) is 0 Å². The Labute approximate surface area is 116 Å². The Bertz CT molecular complexity index is 690. The van der Waals surface area contributed by atoms with Crippen LogP contribution in [0.3, 0.4) is 0 Å². The normalized spacial score (nSPS) is 12.6. The minimum Gasteiger partial charge on any atom is -0.0798 e. The molecule has 0 heterocycles. The summed E-state index contributed by atoms with van der Waals surface area (Å²) in [5.74, 6) is 0. The first kappa shape index (κ1) is 13.6. The molecule has 3 rings (SSSR count). The highest BCUT2D eigenvalue weighted by atomic mass is 14.2. The van der Waals surface area contributed by atoms with Gasteiger partial charge in [-0.15, -0.1) is 0 Å². The van der Waals surface area contributed by atoms with Crippen molar-refractivity contribution in [3.8, 4) is 11.1 Å². The van der Waals surface area contributed by atoms with Crippen molar-refractivity contribution in [3.05, 3.63) is 58.5 Å². The summed E-state index contributed by atoms with van der Waals surface area (Å²) in [6, 6.07) is 15.3. The second-order valence-electron chi connectivity index (χ2n) is 4.44. The van der Waals surface area contributed by atoms with Gasteiger partial charge in [0.05, 0.1) is 0 Å². The molecular weight excluding hydrogens is 228 g/mol. The average Bonchev–Trinajstić information content (AvgIpc) is 2.83. The largest absolute Gasteiger partial charge is 0.0798 e. The van der Waals surface area contributed by atoms with E-state index in [0.29, 0.717) is 0 Å². The van der Waals surface area contributed by atoms with Gasteiger partial charge in [-0.25, -0.2) is 0 Å². The zero-order valence-corrected chi connectivity index (χ0v) is 12.3. The van der Waals surface area contributed by atoms with E-state index in [1.807, 2.05) is 13.8 Å². The van der Waals surface area contributed by atoms with Crippen LogP contribution in [-0.4, -0.2) is 0 Å². The molecule has 0 amide bonds. The smallest absolute Gasteiger partial charge is 0.00703 e. The van der Waals surface area contributed by atoms with E-state index in [9.17, 15) is 0 Å². The first-order chi connectivity index (χ1) is 9.36. The SMILES string of the molecule is C/C=c1/cccc2c1=C(CC)c1ccccc1-2.CC. The highest BCUT2D eigenvalue weighted by Gasteiger charge is 2.17. The summed E-state index contributed by atoms with van der Waals surface area (Å²) >= 11 is 0. The number of fused-ring (bicyclic) bond motifs is 3. The van der Waals surface area contributed by atoms with Crippen LogP contribution >= 0.6 is 0 Å². The molecule has 98 valence electrons. The molecule has 2 aromatic carbocycles. The summed E-state index contributed by atoms with van der Waals surface area (Å²) in [6.45, 7) is 8.36. The van der Waals surface area contributed by atoms with Crippen molar-refractivity contribution < 1.29 is 0 Å². The Hall–Kier alpha value is -1.82. The van der Waals surface area contributed by atoms with Crippen LogP contribution in [0.5, 0.6) is 0 Å². The summed E-state index contributed by atoms with van der Waals surface area (Å²) in [5, 5.41) is 2.80. The van der Waals surface area contributed by atoms with Gasteiger partial charge in [-0.05, 0) is 46.0 Å². The van der Waals surface area contributed by atoms with E-state index in [1.165, 1.54) is 32.7 Å². The molecule has 0 N–H and O–H groups in total. The quantitative estimate of drug-likeness (QED) is 0.714. The third-order valence-corrected chi connectivity index (χ3v) is 3.61. The van der Waals surface area contributed by atoms with Gasteiger partial charge in [0.25, 0.3) is 0 Å². The molecular formula is C19H22. The molecule has 0 bridgehead atoms. The maximum absolute atomic E-state index is 2.24. The van der Waals surface area contributed by atoms with Crippen LogP contribution in [0.1, 0.15) is 39.7 Å². The van der Waals surface area contributed by atoms with Gasteiger partial charge in [-0.1, -0.05) is 69.3 Å². The van der Waals surface area contributed by atoms with Gasteiger partial charge < -0.3 is 0 Å². The van der Waals surface area contributed by atoms with E-state index in [-0.39, 0.29) is 0 Å². The summed E-state index contributed by atoms with van der Waals surface area (Å²) < 4.78 is 0. The maximum Gasteiger partial charge on any atom is -0.00703 e. The van der Waals surface area contributed by atoms with Crippen molar-refractivity contribution in [1.29, 1.82) is 0 Å². The lowest BCUT2D eigenvalue weighted by Gasteiger charge is -2.02. The van der Waals surface area contributed by atoms with E-state index in [0.717, 1.165) is 6.42 Å². The number of benzene rings is 2. The molecule has 0 radical (unpaired) electrons. The molecule has 19 heavy (non-hydrogen) atoms. The van der Waals surface area contributed by atoms with Crippen LogP contribution in [0.25, 0.3) is 22.8 Å². The summed E-state index contributed by atoms with van der Waals surface area (Å²) in [7, 11) is 0. The van der Waals surface area contributed by atoms with E-state index in [2.05, 4.69) is 62.4 Å². The van der Waals surface area contributed by atoms with E-state index in [1.54, 1.807) is 0 Å². The summed E-state index contributed by atoms with van der Waals surface area (Å²) in [6.07, 6.45) is 3.30. The first-order valence-electron chi connectivity index (χ1n) is 7.25. The van der Waals surface area contributed by atoms with E-state index in [4.69, 9.17) is 0 Å². The lowest BCUT2D eigenvalue weighted by atomic mass is 10.0. The molecule has 0 fully saturated rings. The standard InChI is InChI=1S/C17H16.C2H6/c1-3-12-8-7-11-16-15-10-6-5-9-14(15)13(4-2)17(12)16;1-2/h3,5-11H,4H2,1-2H3;1-2H3/b12-3-;. The van der Waals surface area contributed by atoms with Crippen molar-refractivity contribution in [2.75, 3.05) is 0 Å². The molecule has 0 saturated heterocycles. The molecule has 0 saturated carbocycles. The minimum absolute atomic E-state index is 1.09. The second kappa shape index (κ2) is 5.88. The lowest BCUT2D eigenvalue weighted by molar-refractivity contribution is 1.23. The van der Waals surface area contributed by atoms with Gasteiger partial charge in [-0.3, -0.25) is 0 Å². The number of rotatable bonds is 1. The van der Waals surface area contributed by atoms with Gasteiger partial charge in [0.15, 0.2) is 0 Å². The molecule has 0 aliphatic heterocycles. The van der Waals surface area contributed by atoms with Gasteiger partial charge in [0.2, 0.25) is 0 Å². The fourth-order valence-electron chi connectivity index (χ4n) is 2.86. The van der Waals surface area contributed by atoms with E-state index < -0.39 is 0 Å². The highest BCUT2D eigenvalue weighted by molar-refractivity contribution is 5.89. The number of hydrogen-bond acceptors (Lipinski definition) is 0. The fraction of sp³-hybridized carbons (Fsp3) is 0.263. The van der Waals surface area contributed by atoms with Crippen molar-refractivity contribution in [2.24, 2.45) is 0 Å². The van der Waals surface area contributed by atoms with Gasteiger partial charge >= 0.3 is 0 Å². The summed E-state index contributed by atoms with van der Waals surface area (Å²) in [5.41, 5.74) is 5.69. The van der Waals surface area contributed by atoms with Crippen molar-refractivity contribution in [2.45, 2.75) is 34.1 Å². The molecule has 0 aromatic heterocycles. The van der Waals surface area contributed by atoms with Crippen molar-refractivity contribution in [3.63, 3.8) is 0 Å². The highest BCUT2D eigenvalue weighted by Crippen LogP contribution is 2.31. The third-order valence-electron chi connectivity index (χ3n) is 3.61. The maximum atomic E-state index is 2.24.